The molecule has 3 heterocycles. The molecule has 1 aromatic carbocycles. The van der Waals surface area contributed by atoms with Gasteiger partial charge in [-0.3, -0.25) is 8.98 Å². The maximum atomic E-state index is 13.3. The van der Waals surface area contributed by atoms with Gasteiger partial charge in [0.05, 0.1) is 23.2 Å². The van der Waals surface area contributed by atoms with E-state index in [0.29, 0.717) is 35.6 Å². The quantitative estimate of drug-likeness (QED) is 0.281. The first-order chi connectivity index (χ1) is 17.3. The van der Waals surface area contributed by atoms with Crippen LogP contribution in [0.25, 0.3) is 10.9 Å². The molecular formula is C24H25N5O5S2. The number of nitrogens with two attached hydrogens (primary N) is 1. The van der Waals surface area contributed by atoms with E-state index >= 15 is 0 Å². The van der Waals surface area contributed by atoms with E-state index in [0.717, 1.165) is 16.5 Å². The van der Waals surface area contributed by atoms with E-state index in [2.05, 4.69) is 42.2 Å². The van der Waals surface area contributed by atoms with Crippen LogP contribution in [0.5, 0.6) is 0 Å². The number of carbonyl (C=O) groups excluding carboxylic acids is 1. The first kappa shape index (κ1) is 24.5. The van der Waals surface area contributed by atoms with E-state index in [1.54, 1.807) is 0 Å². The van der Waals surface area contributed by atoms with Gasteiger partial charge in [0.1, 0.15) is 12.1 Å². The summed E-state index contributed by atoms with van der Waals surface area (Å²) in [5.41, 5.74) is 2.48. The van der Waals surface area contributed by atoms with Crippen LogP contribution >= 0.6 is 11.3 Å². The van der Waals surface area contributed by atoms with Crippen LogP contribution in [0.3, 0.4) is 0 Å². The van der Waals surface area contributed by atoms with Crippen LogP contribution in [0.4, 0.5) is 5.82 Å². The van der Waals surface area contributed by atoms with Gasteiger partial charge in [-0.15, -0.1) is 11.3 Å². The molecule has 188 valence electrons. The predicted octanol–water partition coefficient (Wildman–Crippen LogP) is 2.54. The number of nitrogens with zero attached hydrogens (tertiary/aromatic N) is 3. The Labute approximate surface area is 212 Å². The lowest BCUT2D eigenvalue weighted by Crippen LogP contribution is -2.24. The second-order valence-electron chi connectivity index (χ2n) is 8.85. The zero-order valence-electron chi connectivity index (χ0n) is 19.1. The van der Waals surface area contributed by atoms with Crippen molar-refractivity contribution in [2.24, 2.45) is 11.1 Å². The lowest BCUT2D eigenvalue weighted by Gasteiger charge is -2.15. The molecule has 0 radical (unpaired) electrons. The van der Waals surface area contributed by atoms with Crippen molar-refractivity contribution in [3.05, 3.63) is 76.5 Å². The Morgan fingerprint density at radius 1 is 1.28 bits per heavy atom. The minimum absolute atomic E-state index is 0.195. The number of carbonyl (C=O) groups is 1. The molecule has 0 aliphatic heterocycles. The molecule has 0 saturated heterocycles. The Bertz CT molecular complexity index is 1500. The van der Waals surface area contributed by atoms with Crippen LogP contribution in [-0.2, 0) is 21.0 Å². The molecular weight excluding hydrogens is 502 g/mol. The van der Waals surface area contributed by atoms with Gasteiger partial charge in [-0.1, -0.05) is 18.2 Å². The predicted molar refractivity (Wildman–Crippen MR) is 136 cm³/mol. The zero-order valence-corrected chi connectivity index (χ0v) is 20.8. The summed E-state index contributed by atoms with van der Waals surface area (Å²) < 4.78 is 28.9. The number of hydrogen-bond acceptors (Lipinski definition) is 9. The third-order valence-electron chi connectivity index (χ3n) is 6.31. The third kappa shape index (κ3) is 5.47. The number of hydrogen-bond donors (Lipinski definition) is 3. The summed E-state index contributed by atoms with van der Waals surface area (Å²) in [5.74, 6) is -0.239. The average molecular weight is 528 g/mol. The van der Waals surface area contributed by atoms with E-state index in [4.69, 9.17) is 5.14 Å². The maximum absolute atomic E-state index is 13.3. The SMILES string of the molecule is NS(=O)(=O)OC[C@H]1C[C@@H](Nc2ncncc2C(=O)c2cc(Cn3ccc4ccccc43)cs2)C[C@@H]1O. The molecule has 1 aliphatic rings. The minimum Gasteiger partial charge on any atom is -0.393 e. The average Bonchev–Trinajstić information content (AvgIpc) is 3.57. The number of fused-ring (bicyclic) bond motifs is 1. The fourth-order valence-electron chi connectivity index (χ4n) is 4.57. The van der Waals surface area contributed by atoms with Crippen LogP contribution in [0.1, 0.15) is 33.6 Å². The van der Waals surface area contributed by atoms with Crippen molar-refractivity contribution >= 4 is 44.1 Å². The lowest BCUT2D eigenvalue weighted by atomic mass is 10.1. The molecule has 12 heteroatoms. The molecule has 3 aromatic heterocycles. The number of thiophene rings is 1. The standard InChI is InChI=1S/C24H25N5O5S2/c25-36(32,33)34-12-17-8-18(9-21(17)30)28-24-19(10-26-14-27-24)23(31)22-7-15(13-35-22)11-29-6-5-16-3-1-2-4-20(16)29/h1-7,10,13-14,17-18,21,30H,8-9,11-12H2,(H2,25,32,33)(H,26,27,28)/t17-,18-,21+/m1/s1. The fourth-order valence-corrected chi connectivity index (χ4v) is 5.79. The van der Waals surface area contributed by atoms with Crippen molar-refractivity contribution in [2.45, 2.75) is 31.5 Å². The number of rotatable bonds is 9. The van der Waals surface area contributed by atoms with Gasteiger partial charge in [0.15, 0.2) is 0 Å². The summed E-state index contributed by atoms with van der Waals surface area (Å²) in [6, 6.07) is 11.9. The highest BCUT2D eigenvalue weighted by atomic mass is 32.2. The Balaban J connectivity index is 1.28. The molecule has 10 nitrogen and oxygen atoms in total. The summed E-state index contributed by atoms with van der Waals surface area (Å²) in [4.78, 5) is 22.2. The van der Waals surface area contributed by atoms with Crippen molar-refractivity contribution in [2.75, 3.05) is 11.9 Å². The van der Waals surface area contributed by atoms with Gasteiger partial charge in [-0.25, -0.2) is 15.1 Å². The number of aliphatic hydroxyl groups excluding tert-OH is 1. The Morgan fingerprint density at radius 2 is 2.11 bits per heavy atom. The number of aromatic nitrogens is 3. The summed E-state index contributed by atoms with van der Waals surface area (Å²) in [7, 11) is -4.08. The lowest BCUT2D eigenvalue weighted by molar-refractivity contribution is 0.101. The van der Waals surface area contributed by atoms with Crippen LogP contribution in [0, 0.1) is 5.92 Å². The van der Waals surface area contributed by atoms with Crippen molar-refractivity contribution in [3.8, 4) is 0 Å². The number of benzene rings is 1. The molecule has 1 saturated carbocycles. The Hall–Kier alpha value is -3.16. The number of ketones is 1. The molecule has 0 unspecified atom stereocenters. The highest BCUT2D eigenvalue weighted by Crippen LogP contribution is 2.30. The van der Waals surface area contributed by atoms with Crippen LogP contribution in [0.15, 0.2) is 60.5 Å². The first-order valence-electron chi connectivity index (χ1n) is 11.3. The Morgan fingerprint density at radius 3 is 2.94 bits per heavy atom. The van der Waals surface area contributed by atoms with E-state index in [-0.39, 0.29) is 18.4 Å². The second kappa shape index (κ2) is 10.1. The van der Waals surface area contributed by atoms with E-state index in [1.807, 2.05) is 29.8 Å². The summed E-state index contributed by atoms with van der Waals surface area (Å²) in [5, 5.41) is 21.5. The minimum atomic E-state index is -4.08. The maximum Gasteiger partial charge on any atom is 0.333 e. The van der Waals surface area contributed by atoms with Crippen molar-refractivity contribution in [3.63, 3.8) is 0 Å². The van der Waals surface area contributed by atoms with E-state index < -0.39 is 22.3 Å². The van der Waals surface area contributed by atoms with Gasteiger partial charge in [-0.2, -0.15) is 8.42 Å². The molecule has 4 aromatic rings. The second-order valence-corrected chi connectivity index (χ2v) is 11.0. The van der Waals surface area contributed by atoms with Gasteiger partial charge >= 0.3 is 10.3 Å². The molecule has 0 bridgehead atoms. The van der Waals surface area contributed by atoms with Gasteiger partial charge in [0.2, 0.25) is 5.78 Å². The third-order valence-corrected chi connectivity index (χ3v) is 7.75. The first-order valence-corrected chi connectivity index (χ1v) is 13.7. The van der Waals surface area contributed by atoms with Crippen LogP contribution in [-0.4, -0.2) is 52.6 Å². The Kier molecular flexibility index (Phi) is 6.86. The molecule has 0 spiro atoms. The van der Waals surface area contributed by atoms with Crippen LogP contribution in [0.2, 0.25) is 0 Å². The van der Waals surface area contributed by atoms with Gasteiger partial charge in [-0.05, 0) is 47.4 Å². The molecule has 36 heavy (non-hydrogen) atoms. The number of anilines is 1. The van der Waals surface area contributed by atoms with Gasteiger partial charge < -0.3 is 15.0 Å². The van der Waals surface area contributed by atoms with Crippen molar-refractivity contribution in [1.29, 1.82) is 0 Å². The van der Waals surface area contributed by atoms with Gasteiger partial charge in [0.25, 0.3) is 0 Å². The molecule has 3 atom stereocenters. The fraction of sp³-hybridized carbons (Fsp3) is 0.292. The summed E-state index contributed by atoms with van der Waals surface area (Å²) in [6.45, 7) is 0.442. The molecule has 1 fully saturated rings. The smallest absolute Gasteiger partial charge is 0.333 e. The van der Waals surface area contributed by atoms with E-state index in [1.165, 1.54) is 23.9 Å². The monoisotopic (exact) mass is 527 g/mol. The summed E-state index contributed by atoms with van der Waals surface area (Å²) >= 11 is 1.37. The molecule has 5 rings (SSSR count). The number of aliphatic hydroxyl groups is 1. The number of nitrogens with one attached hydrogen (secondary N) is 1. The highest BCUT2D eigenvalue weighted by molar-refractivity contribution is 7.84. The normalized spacial score (nSPS) is 20.1. The van der Waals surface area contributed by atoms with E-state index in [9.17, 15) is 18.3 Å². The number of para-hydroxylation sites is 1. The van der Waals surface area contributed by atoms with Gasteiger partial charge in [0, 0.05) is 36.4 Å². The summed E-state index contributed by atoms with van der Waals surface area (Å²) in [6.07, 6.45) is 4.88. The molecule has 0 amide bonds. The van der Waals surface area contributed by atoms with Crippen molar-refractivity contribution < 1.29 is 22.5 Å². The highest BCUT2D eigenvalue weighted by Gasteiger charge is 2.34. The largest absolute Gasteiger partial charge is 0.393 e. The van der Waals surface area contributed by atoms with Crippen molar-refractivity contribution in [1.82, 2.24) is 14.5 Å². The zero-order chi connectivity index (χ0) is 25.3. The topological polar surface area (TPSA) is 149 Å². The van der Waals surface area contributed by atoms with Crippen LogP contribution < -0.4 is 10.5 Å². The molecule has 4 N–H and O–H groups in total. The molecule has 1 aliphatic carbocycles.